The second-order valence-electron chi connectivity index (χ2n) is 26.7. The molecule has 16 nitrogen and oxygen atoms in total. The van der Waals surface area contributed by atoms with Crippen molar-refractivity contribution >= 4 is 11.6 Å². The molecule has 5 heterocycles. The number of allylic oxidation sites excluding steroid dienone is 5. The lowest BCUT2D eigenvalue weighted by Crippen LogP contribution is -2.49. The lowest BCUT2D eigenvalue weighted by Gasteiger charge is -2.46. The molecule has 8 aliphatic rings. The average Bonchev–Trinajstić information content (AvgIpc) is 4.28. The maximum atomic E-state index is 12.4. The molecule has 0 aliphatic heterocycles. The van der Waals surface area contributed by atoms with Gasteiger partial charge in [-0.15, -0.1) is 0 Å². The first-order valence-corrected chi connectivity index (χ1v) is 26.7. The summed E-state index contributed by atoms with van der Waals surface area (Å²) in [6.07, 6.45) is 19.0. The summed E-state index contributed by atoms with van der Waals surface area (Å²) >= 11 is 0. The van der Waals surface area contributed by atoms with E-state index in [4.69, 9.17) is 24.1 Å². The smallest absolute Gasteiger partial charge is 0.226 e. The van der Waals surface area contributed by atoms with Gasteiger partial charge in [-0.05, 0) is 90.9 Å². The van der Waals surface area contributed by atoms with Crippen LogP contribution in [0.2, 0.25) is 0 Å². The molecule has 1 fully saturated rings. The van der Waals surface area contributed by atoms with Crippen LogP contribution in [0.1, 0.15) is 161 Å². The predicted octanol–water partition coefficient (Wildman–Crippen LogP) is 10.5. The predicted molar refractivity (Wildman–Crippen MR) is 293 cm³/mol. The van der Waals surface area contributed by atoms with Crippen molar-refractivity contribution < 1.29 is 25.7 Å². The summed E-state index contributed by atoms with van der Waals surface area (Å²) in [6, 6.07) is 0. The van der Waals surface area contributed by atoms with Crippen molar-refractivity contribution in [3.8, 4) is 0 Å². The third-order valence-corrected chi connectivity index (χ3v) is 20.3. The van der Waals surface area contributed by atoms with Crippen molar-refractivity contribution in [1.82, 2.24) is 44.3 Å². The van der Waals surface area contributed by atoms with E-state index >= 15 is 0 Å². The number of aryl methyl sites for hydroxylation is 4. The highest BCUT2D eigenvalue weighted by molar-refractivity contribution is 6.03. The first-order chi connectivity index (χ1) is 36.3. The number of fused-ring (bicyclic) bond motifs is 13. The van der Waals surface area contributed by atoms with Crippen LogP contribution in [0.15, 0.2) is 70.6 Å². The van der Waals surface area contributed by atoms with E-state index in [0.29, 0.717) is 35.9 Å². The number of ketones is 2. The van der Waals surface area contributed by atoms with Gasteiger partial charge in [-0.25, -0.2) is 9.69 Å². The van der Waals surface area contributed by atoms with Crippen LogP contribution in [0.5, 0.6) is 0 Å². The molecule has 5 aromatic heterocycles. The Bertz CT molecular complexity index is 3470. The molecule has 0 bridgehead atoms. The summed E-state index contributed by atoms with van der Waals surface area (Å²) in [5.41, 5.74) is 10.4. The summed E-state index contributed by atoms with van der Waals surface area (Å²) in [5, 5.41) is 42.3. The molecule has 1 saturated carbocycles. The number of aliphatic hydroxyl groups excluding tert-OH is 2. The van der Waals surface area contributed by atoms with E-state index < -0.39 is 10.8 Å². The Hall–Kier alpha value is -6.81. The van der Waals surface area contributed by atoms with Gasteiger partial charge in [-0.3, -0.25) is 23.5 Å². The van der Waals surface area contributed by atoms with Crippen molar-refractivity contribution in [3.63, 3.8) is 0 Å². The van der Waals surface area contributed by atoms with E-state index in [9.17, 15) is 19.8 Å². The molecule has 0 spiro atoms. The highest BCUT2D eigenvalue weighted by atomic mass is 16.5. The van der Waals surface area contributed by atoms with E-state index in [-0.39, 0.29) is 67.3 Å². The SMILES string of the molecule is Cn1cc2c(n1)[C@@]1(C)C/C(=C/O)C(=O)C(C)(C)[C@@H]1C2.Cn1cc2c(n1)[C@@]1(C)Cc3cnoc3C(C)(C)[C@@H]1C2.[3H]C.[C-]#[N+]C1=C(O)C(C)(C)[C@@H]2Cc3cn(C)nc3[C@@]2(C)C1.[C-]#[N+]C1=C[C@]2(C)c3nn(C)cc3C[C@H]2C(C)(C)C1=O. The first-order valence-electron chi connectivity index (χ1n) is 27.7. The molecule has 8 atom stereocenters. The van der Waals surface area contributed by atoms with E-state index in [1.807, 2.05) is 107 Å². The third-order valence-electron chi connectivity index (χ3n) is 20.3. The summed E-state index contributed by atoms with van der Waals surface area (Å²) in [7, 11) is 9.04. The van der Waals surface area contributed by atoms with Gasteiger partial charge in [0.05, 0.1) is 48.4 Å². The number of carbonyl (C=O) groups is 2. The maximum absolute atomic E-state index is 12.4. The largest absolute Gasteiger partial charge is 0.523 e. The van der Waals surface area contributed by atoms with Crippen LogP contribution in [0.3, 0.4) is 0 Å². The Morgan fingerprint density at radius 1 is 0.597 bits per heavy atom. The summed E-state index contributed by atoms with van der Waals surface area (Å²) in [6.45, 7) is 39.9. The molecule has 0 radical (unpaired) electrons. The molecule has 0 amide bonds. The Labute approximate surface area is 455 Å². The van der Waals surface area contributed by atoms with Gasteiger partial charge in [0.25, 0.3) is 0 Å². The van der Waals surface area contributed by atoms with Crippen molar-refractivity contribution in [2.45, 2.75) is 163 Å². The fourth-order valence-corrected chi connectivity index (χ4v) is 16.6. The molecule has 0 saturated heterocycles. The molecule has 8 aliphatic carbocycles. The van der Waals surface area contributed by atoms with Crippen LogP contribution in [-0.4, -0.2) is 66.1 Å². The van der Waals surface area contributed by atoms with Gasteiger partial charge in [0.2, 0.25) is 11.4 Å². The number of nitrogens with zero attached hydrogens (tertiary/aromatic N) is 11. The van der Waals surface area contributed by atoms with Gasteiger partial charge in [-0.1, -0.05) is 102 Å². The zero-order valence-electron chi connectivity index (χ0n) is 49.3. The lowest BCUT2D eigenvalue weighted by molar-refractivity contribution is -0.130. The number of Topliss-reactive ketones (excluding diaryl/α,β-unsaturated/α-hetero) is 2. The van der Waals surface area contributed by atoms with Crippen LogP contribution >= 0.6 is 0 Å². The zero-order chi connectivity index (χ0) is 57.4. The van der Waals surface area contributed by atoms with Gasteiger partial charge in [0, 0.05) is 109 Å². The minimum absolute atomic E-state index is 0.0190. The topological polar surface area (TPSA) is 181 Å². The molecule has 13 rings (SSSR count). The molecule has 2 N–H and O–H groups in total. The third kappa shape index (κ3) is 7.72. The van der Waals surface area contributed by atoms with Gasteiger partial charge >= 0.3 is 0 Å². The Balaban J connectivity index is 0.000000125. The summed E-state index contributed by atoms with van der Waals surface area (Å²) < 4.78 is 18.8. The highest BCUT2D eigenvalue weighted by Crippen LogP contribution is 2.61. The first kappa shape index (κ1) is 53.6. The van der Waals surface area contributed by atoms with Crippen molar-refractivity contribution in [3.05, 3.63) is 145 Å². The van der Waals surface area contributed by atoms with Crippen molar-refractivity contribution in [1.29, 1.82) is 0 Å². The van der Waals surface area contributed by atoms with Gasteiger partial charge in [-0.2, -0.15) is 20.4 Å². The number of carbonyl (C=O) groups excluding carboxylic acids is 2. The van der Waals surface area contributed by atoms with E-state index in [2.05, 4.69) is 90.3 Å². The Kier molecular flexibility index (Phi) is 12.2. The van der Waals surface area contributed by atoms with Gasteiger partial charge < -0.3 is 19.5 Å². The normalized spacial score (nSPS) is 31.8. The average molecular weight is 1050 g/mol. The molecule has 77 heavy (non-hydrogen) atoms. The molecule has 0 aromatic carbocycles. The quantitative estimate of drug-likeness (QED) is 0.0861. The Morgan fingerprint density at radius 2 is 1.01 bits per heavy atom. The fraction of sp³-hybridized carbons (Fsp3) is 0.590. The molecule has 0 unspecified atom stereocenters. The second-order valence-corrected chi connectivity index (χ2v) is 26.7. The summed E-state index contributed by atoms with van der Waals surface area (Å²) in [5.74, 6) is 2.70. The van der Waals surface area contributed by atoms with E-state index in [0.717, 1.165) is 61.2 Å². The highest BCUT2D eigenvalue weighted by Gasteiger charge is 2.61. The van der Waals surface area contributed by atoms with Crippen molar-refractivity contribution in [2.24, 2.45) is 68.1 Å². The Morgan fingerprint density at radius 3 is 1.49 bits per heavy atom. The lowest BCUT2D eigenvalue weighted by atomic mass is 9.55. The zero-order valence-corrected chi connectivity index (χ0v) is 48.3. The minimum atomic E-state index is -0.504. The van der Waals surface area contributed by atoms with Crippen LogP contribution < -0.4 is 0 Å². The molecular formula is C61H79N11O5. The monoisotopic (exact) mass is 1050 g/mol. The van der Waals surface area contributed by atoms with Crippen LogP contribution in [-0.2, 0) is 97.0 Å². The molecule has 16 heteroatoms. The van der Waals surface area contributed by atoms with E-state index in [1.165, 1.54) is 40.9 Å². The van der Waals surface area contributed by atoms with Crippen LogP contribution in [0.4, 0.5) is 0 Å². The minimum Gasteiger partial charge on any atom is -0.523 e. The number of aliphatic hydroxyl groups is 2. The van der Waals surface area contributed by atoms with Crippen LogP contribution in [0, 0.1) is 53.1 Å². The van der Waals surface area contributed by atoms with Gasteiger partial charge in [0.15, 0.2) is 11.6 Å². The standard InChI is InChI=1S/2C15H19N3O.C15H17N3O.C15H20N2O2.CH4/c1-14(2)11-5-9-8-18(4)17-12(9)15(11,3)6-10-7-16-19-13(10)14;2*1-14(2)11-6-9-8-18(5)17-12(9)15(11,3)7-10(16-4)13(14)19;1-14(2)11-5-9-7-17(4)16-12(9)15(11,3)6-10(8-18)13(14)19;/h7-8,11H,5-6H2,1-4H3;8,11,19H,6-7H2,1-3,5H3;7-8,11H,6H2,1-3,5H3;7-8,11,18H,5-6H2,1-4H3;1H4/b;;;10-8-;/t4*11-,15-;/m0000./s1/i;;;;1T. The van der Waals surface area contributed by atoms with Crippen LogP contribution in [0.25, 0.3) is 9.69 Å². The molecule has 5 aromatic rings. The maximum Gasteiger partial charge on any atom is 0.226 e. The fourth-order valence-electron chi connectivity index (χ4n) is 16.6. The molecular weight excluding hydrogens is 967 g/mol. The summed E-state index contributed by atoms with van der Waals surface area (Å²) in [4.78, 5) is 31.8. The van der Waals surface area contributed by atoms with Gasteiger partial charge in [0.1, 0.15) is 11.5 Å². The molecule has 408 valence electrons. The number of hydrogen-bond donors (Lipinski definition) is 2. The number of rotatable bonds is 0. The van der Waals surface area contributed by atoms with Crippen molar-refractivity contribution in [2.75, 3.05) is 0 Å². The number of hydrogen-bond acceptors (Lipinski definition) is 10. The number of aromatic nitrogens is 9. The second kappa shape index (κ2) is 17.6. The van der Waals surface area contributed by atoms with E-state index in [1.54, 1.807) is 0 Å².